The maximum atomic E-state index is 8.57. The smallest absolute Gasteiger partial charge is 0.0431 e. The summed E-state index contributed by atoms with van der Waals surface area (Å²) in [6, 6.07) is 0. The van der Waals surface area contributed by atoms with Gasteiger partial charge in [0.05, 0.1) is 0 Å². The third-order valence-electron chi connectivity index (χ3n) is 7.54. The van der Waals surface area contributed by atoms with Crippen LogP contribution in [0, 0.1) is 0 Å². The van der Waals surface area contributed by atoms with E-state index >= 15 is 0 Å². The Morgan fingerprint density at radius 3 is 0.462 bits per heavy atom. The van der Waals surface area contributed by atoms with Gasteiger partial charge in [-0.15, -0.1) is 0 Å². The quantitative estimate of drug-likeness (QED) is 0.0768. The van der Waals surface area contributed by atoms with Gasteiger partial charge in [-0.25, -0.2) is 0 Å². The van der Waals surface area contributed by atoms with E-state index < -0.39 is 0 Å². The molecule has 0 spiro atoms. The summed E-state index contributed by atoms with van der Waals surface area (Å²) in [4.78, 5) is 0. The molecule has 0 aromatic carbocycles. The Morgan fingerprint density at radius 2 is 0.333 bits per heavy atom. The lowest BCUT2D eigenvalue weighted by Gasteiger charge is -2.00. The van der Waals surface area contributed by atoms with E-state index in [-0.39, 0.29) is 0 Å². The first kappa shape index (κ1) is 43.3. The number of rotatable bonds is 30. The molecule has 39 heavy (non-hydrogen) atoms. The molecule has 0 radical (unpaired) electrons. The lowest BCUT2D eigenvalue weighted by Crippen LogP contribution is -1.84. The fraction of sp³-hybridized carbons (Fsp3) is 1.00. The highest BCUT2D eigenvalue weighted by atomic mass is 16.3. The summed E-state index contributed by atoms with van der Waals surface area (Å²) in [7, 11) is 0. The number of hydrogen-bond donors (Lipinski definition) is 3. The second-order valence-corrected chi connectivity index (χ2v) is 11.7. The van der Waals surface area contributed by atoms with Crippen LogP contribution in [0.2, 0.25) is 0 Å². The molecule has 0 amide bonds. The average Bonchev–Trinajstić information content (AvgIpc) is 2.95. The Kier molecular flexibility index (Phi) is 53.0. The normalized spacial score (nSPS) is 10.6. The Labute approximate surface area is 248 Å². The van der Waals surface area contributed by atoms with Gasteiger partial charge < -0.3 is 15.3 Å². The van der Waals surface area contributed by atoms with E-state index in [1.807, 2.05) is 0 Å². The van der Waals surface area contributed by atoms with Crippen LogP contribution in [0.15, 0.2) is 0 Å². The molecule has 3 heteroatoms. The van der Waals surface area contributed by atoms with Gasteiger partial charge in [-0.1, -0.05) is 194 Å². The molecule has 0 aliphatic carbocycles. The van der Waals surface area contributed by atoms with E-state index in [0.717, 1.165) is 19.3 Å². The molecule has 0 fully saturated rings. The molecule has 0 bridgehead atoms. The predicted molar refractivity (Wildman–Crippen MR) is 177 cm³/mol. The van der Waals surface area contributed by atoms with Gasteiger partial charge in [-0.3, -0.25) is 0 Å². The molecule has 0 aliphatic heterocycles. The molecule has 3 nitrogen and oxygen atoms in total. The Morgan fingerprint density at radius 1 is 0.205 bits per heavy atom. The van der Waals surface area contributed by atoms with Crippen molar-refractivity contribution in [2.24, 2.45) is 0 Å². The van der Waals surface area contributed by atoms with E-state index in [1.165, 1.54) is 173 Å². The molecule has 0 aromatic heterocycles. The Hall–Kier alpha value is -0.120. The van der Waals surface area contributed by atoms with Gasteiger partial charge in [0.1, 0.15) is 0 Å². The van der Waals surface area contributed by atoms with Crippen molar-refractivity contribution in [2.45, 2.75) is 213 Å². The third-order valence-corrected chi connectivity index (χ3v) is 7.54. The highest BCUT2D eigenvalue weighted by Crippen LogP contribution is 2.12. The minimum atomic E-state index is 0.372. The van der Waals surface area contributed by atoms with Crippen LogP contribution in [-0.2, 0) is 0 Å². The summed E-state index contributed by atoms with van der Waals surface area (Å²) >= 11 is 0. The third kappa shape index (κ3) is 54.6. The van der Waals surface area contributed by atoms with Crippen LogP contribution in [-0.4, -0.2) is 35.1 Å². The molecular formula is C36H78O3. The van der Waals surface area contributed by atoms with E-state index in [9.17, 15) is 0 Å². The van der Waals surface area contributed by atoms with Crippen LogP contribution in [0.5, 0.6) is 0 Å². The van der Waals surface area contributed by atoms with Gasteiger partial charge in [0.25, 0.3) is 0 Å². The van der Waals surface area contributed by atoms with Crippen LogP contribution in [0.4, 0.5) is 0 Å². The molecule has 0 saturated heterocycles. The predicted octanol–water partition coefficient (Wildman–Crippen LogP) is 11.7. The number of aliphatic hydroxyl groups excluding tert-OH is 3. The second kappa shape index (κ2) is 47.7. The van der Waals surface area contributed by atoms with Crippen molar-refractivity contribution < 1.29 is 15.3 Å². The molecule has 0 aliphatic rings. The monoisotopic (exact) mass is 559 g/mol. The van der Waals surface area contributed by atoms with Crippen molar-refractivity contribution in [2.75, 3.05) is 19.8 Å². The minimum Gasteiger partial charge on any atom is -0.396 e. The summed E-state index contributed by atoms with van der Waals surface area (Å²) in [6.07, 6.45) is 39.9. The first-order chi connectivity index (χ1) is 19.2. The fourth-order valence-electron chi connectivity index (χ4n) is 4.80. The van der Waals surface area contributed by atoms with Gasteiger partial charge in [0.15, 0.2) is 0 Å². The number of aliphatic hydroxyl groups is 3. The first-order valence-electron chi connectivity index (χ1n) is 18.1. The Balaban J connectivity index is -0.000000498. The Bertz CT molecular complexity index is 266. The summed E-state index contributed by atoms with van der Waals surface area (Å²) in [5.41, 5.74) is 0. The van der Waals surface area contributed by atoms with Crippen molar-refractivity contribution in [3.8, 4) is 0 Å². The summed E-state index contributed by atoms with van der Waals surface area (Å²) in [6.45, 7) is 7.89. The van der Waals surface area contributed by atoms with Crippen LogP contribution < -0.4 is 0 Å². The maximum Gasteiger partial charge on any atom is 0.0431 e. The van der Waals surface area contributed by atoms with Crippen molar-refractivity contribution in [1.29, 1.82) is 0 Å². The minimum absolute atomic E-state index is 0.372. The van der Waals surface area contributed by atoms with Gasteiger partial charge in [0.2, 0.25) is 0 Å². The average molecular weight is 559 g/mol. The lowest BCUT2D eigenvalue weighted by atomic mass is 10.1. The van der Waals surface area contributed by atoms with E-state index in [2.05, 4.69) is 20.8 Å². The fourth-order valence-corrected chi connectivity index (χ4v) is 4.80. The lowest BCUT2D eigenvalue weighted by molar-refractivity contribution is 0.282. The summed E-state index contributed by atoms with van der Waals surface area (Å²) in [5, 5.41) is 25.7. The molecule has 0 heterocycles. The molecule has 0 atom stereocenters. The molecule has 0 rings (SSSR count). The first-order valence-corrected chi connectivity index (χ1v) is 18.1. The largest absolute Gasteiger partial charge is 0.396 e. The van der Waals surface area contributed by atoms with Crippen LogP contribution in [0.1, 0.15) is 213 Å². The maximum absolute atomic E-state index is 8.57. The van der Waals surface area contributed by atoms with Gasteiger partial charge in [-0.05, 0) is 19.3 Å². The standard InChI is InChI=1S/3C12H26O/c3*1-2-3-4-5-6-7-8-9-10-11-12-13/h3*13H,2-12H2,1H3. The van der Waals surface area contributed by atoms with E-state index in [0.29, 0.717) is 19.8 Å². The molecule has 0 saturated carbocycles. The molecule has 0 aromatic rings. The van der Waals surface area contributed by atoms with Crippen LogP contribution >= 0.6 is 0 Å². The molecule has 3 N–H and O–H groups in total. The topological polar surface area (TPSA) is 60.7 Å². The van der Waals surface area contributed by atoms with Gasteiger partial charge in [-0.2, -0.15) is 0 Å². The molecular weight excluding hydrogens is 480 g/mol. The van der Waals surface area contributed by atoms with Gasteiger partial charge in [0, 0.05) is 19.8 Å². The SMILES string of the molecule is CCCCCCCCCCCCO.CCCCCCCCCCCCO.CCCCCCCCCCCCO. The zero-order chi connectivity index (χ0) is 29.3. The van der Waals surface area contributed by atoms with Crippen molar-refractivity contribution in [3.63, 3.8) is 0 Å². The highest BCUT2D eigenvalue weighted by molar-refractivity contribution is 4.48. The zero-order valence-corrected chi connectivity index (χ0v) is 27.7. The van der Waals surface area contributed by atoms with Crippen molar-refractivity contribution in [3.05, 3.63) is 0 Å². The molecule has 0 unspecified atom stereocenters. The van der Waals surface area contributed by atoms with Crippen molar-refractivity contribution >= 4 is 0 Å². The van der Waals surface area contributed by atoms with Crippen LogP contribution in [0.3, 0.4) is 0 Å². The van der Waals surface area contributed by atoms with E-state index in [4.69, 9.17) is 15.3 Å². The van der Waals surface area contributed by atoms with E-state index in [1.54, 1.807) is 0 Å². The summed E-state index contributed by atoms with van der Waals surface area (Å²) in [5.74, 6) is 0. The van der Waals surface area contributed by atoms with Gasteiger partial charge >= 0.3 is 0 Å². The molecule has 240 valence electrons. The summed E-state index contributed by atoms with van der Waals surface area (Å²) < 4.78 is 0. The van der Waals surface area contributed by atoms with Crippen LogP contribution in [0.25, 0.3) is 0 Å². The number of hydrogen-bond acceptors (Lipinski definition) is 3. The van der Waals surface area contributed by atoms with Crippen molar-refractivity contribution in [1.82, 2.24) is 0 Å². The number of unbranched alkanes of at least 4 members (excludes halogenated alkanes) is 27. The second-order valence-electron chi connectivity index (χ2n) is 11.7. The highest BCUT2D eigenvalue weighted by Gasteiger charge is 1.93. The zero-order valence-electron chi connectivity index (χ0n) is 27.7.